The van der Waals surface area contributed by atoms with E-state index in [0.29, 0.717) is 103 Å². The molecule has 10 nitrogen and oxygen atoms in total. The molecule has 0 aliphatic rings. The van der Waals surface area contributed by atoms with Crippen molar-refractivity contribution in [3.63, 3.8) is 0 Å². The van der Waals surface area contributed by atoms with E-state index in [1.165, 1.54) is 0 Å². The van der Waals surface area contributed by atoms with Crippen LogP contribution < -0.4 is 18.9 Å². The average Bonchev–Trinajstić information content (AvgIpc) is 3.08. The molecule has 3 rings (SSSR count). The van der Waals surface area contributed by atoms with Gasteiger partial charge >= 0.3 is 23.9 Å². The number of ether oxygens (including phenoxy) is 6. The molecule has 0 radical (unpaired) electrons. The zero-order chi connectivity index (χ0) is 34.2. The van der Waals surface area contributed by atoms with E-state index < -0.39 is 23.9 Å². The molecule has 0 aliphatic carbocycles. The highest BCUT2D eigenvalue weighted by molar-refractivity contribution is 5.92. The van der Waals surface area contributed by atoms with Crippen molar-refractivity contribution in [3.8, 4) is 23.0 Å². The molecule has 0 N–H and O–H groups in total. The number of hydrogen-bond acceptors (Lipinski definition) is 10. The van der Waals surface area contributed by atoms with Gasteiger partial charge in [-0.25, -0.2) is 19.2 Å². The van der Waals surface area contributed by atoms with Gasteiger partial charge in [-0.2, -0.15) is 0 Å². The molecular formula is C37H40O10. The summed E-state index contributed by atoms with van der Waals surface area (Å²) in [5, 5.41) is 0. The summed E-state index contributed by atoms with van der Waals surface area (Å²) >= 11 is 0. The van der Waals surface area contributed by atoms with Gasteiger partial charge in [0.05, 0.1) is 37.6 Å². The molecule has 0 amide bonds. The third kappa shape index (κ3) is 11.5. The molecule has 47 heavy (non-hydrogen) atoms. The molecule has 248 valence electrons. The van der Waals surface area contributed by atoms with Crippen molar-refractivity contribution in [1.82, 2.24) is 0 Å². The SMILES string of the molecule is C=CC(=O)OCCCCOc1ccc(C(=O)Oc2cc(C)c(OC(=O)c3ccc(OCCCCOC(=O)C=C)cc3)c(C)c2C)cc1. The van der Waals surface area contributed by atoms with Gasteiger partial charge in [-0.3, -0.25) is 0 Å². The van der Waals surface area contributed by atoms with Gasteiger partial charge in [0.2, 0.25) is 0 Å². The van der Waals surface area contributed by atoms with Gasteiger partial charge < -0.3 is 28.4 Å². The Bertz CT molecular complexity index is 1560. The minimum atomic E-state index is -0.536. The zero-order valence-corrected chi connectivity index (χ0v) is 27.0. The Hall–Kier alpha value is -5.38. The second-order valence-electron chi connectivity index (χ2n) is 10.5. The lowest BCUT2D eigenvalue weighted by atomic mass is 10.0. The largest absolute Gasteiger partial charge is 0.494 e. The summed E-state index contributed by atoms with van der Waals surface area (Å²) < 4.78 is 32.7. The van der Waals surface area contributed by atoms with E-state index >= 15 is 0 Å². The lowest BCUT2D eigenvalue weighted by Crippen LogP contribution is -2.13. The maximum atomic E-state index is 12.9. The first-order chi connectivity index (χ1) is 22.6. The van der Waals surface area contributed by atoms with Crippen LogP contribution in [-0.4, -0.2) is 50.3 Å². The first-order valence-electron chi connectivity index (χ1n) is 15.2. The van der Waals surface area contributed by atoms with E-state index in [4.69, 9.17) is 28.4 Å². The standard InChI is InChI=1S/C37H40O10/c1-6-33(38)44-22-10-8-20-42-30-16-12-28(13-17-30)36(40)46-32-24-25(3)35(27(5)26(32)4)47-37(41)29-14-18-31(19-15-29)43-21-9-11-23-45-34(39)7-2/h6-7,12-19,24H,1-2,8-11,20-23H2,3-5H3. The lowest BCUT2D eigenvalue weighted by Gasteiger charge is -2.16. The Morgan fingerprint density at radius 2 is 1.02 bits per heavy atom. The monoisotopic (exact) mass is 644 g/mol. The van der Waals surface area contributed by atoms with E-state index in [-0.39, 0.29) is 0 Å². The first-order valence-corrected chi connectivity index (χ1v) is 15.2. The maximum absolute atomic E-state index is 12.9. The highest BCUT2D eigenvalue weighted by Crippen LogP contribution is 2.34. The van der Waals surface area contributed by atoms with Crippen LogP contribution in [0.5, 0.6) is 23.0 Å². The molecule has 0 aliphatic heterocycles. The van der Waals surface area contributed by atoms with Crippen LogP contribution in [0, 0.1) is 20.8 Å². The van der Waals surface area contributed by atoms with E-state index in [1.54, 1.807) is 75.4 Å². The molecule has 0 saturated heterocycles. The highest BCUT2D eigenvalue weighted by Gasteiger charge is 2.19. The normalized spacial score (nSPS) is 10.4. The molecule has 10 heteroatoms. The second kappa shape index (κ2) is 18.6. The van der Waals surface area contributed by atoms with Crippen molar-refractivity contribution >= 4 is 23.9 Å². The van der Waals surface area contributed by atoms with Crippen LogP contribution in [0.4, 0.5) is 0 Å². The van der Waals surface area contributed by atoms with Gasteiger partial charge in [-0.1, -0.05) is 13.2 Å². The second-order valence-corrected chi connectivity index (χ2v) is 10.5. The van der Waals surface area contributed by atoms with Gasteiger partial charge in [-0.05, 0) is 118 Å². The van der Waals surface area contributed by atoms with E-state index in [1.807, 2.05) is 0 Å². The number of carbonyl (C=O) groups is 4. The third-order valence-corrected chi connectivity index (χ3v) is 6.99. The Morgan fingerprint density at radius 3 is 1.47 bits per heavy atom. The fourth-order valence-electron chi connectivity index (χ4n) is 4.22. The molecule has 0 fully saturated rings. The first kappa shape index (κ1) is 36.1. The molecule has 0 aromatic heterocycles. The Labute approximate surface area is 274 Å². The number of benzene rings is 3. The molecule has 0 atom stereocenters. The molecule has 0 spiro atoms. The predicted molar refractivity (Wildman–Crippen MR) is 175 cm³/mol. The van der Waals surface area contributed by atoms with Crippen LogP contribution >= 0.6 is 0 Å². The van der Waals surface area contributed by atoms with Crippen LogP contribution in [0.25, 0.3) is 0 Å². The van der Waals surface area contributed by atoms with Gasteiger partial charge in [0.25, 0.3) is 0 Å². The number of aryl methyl sites for hydroxylation is 1. The minimum absolute atomic E-state index is 0.298. The summed E-state index contributed by atoms with van der Waals surface area (Å²) in [5.74, 6) is -0.0137. The summed E-state index contributed by atoms with van der Waals surface area (Å²) in [7, 11) is 0. The van der Waals surface area contributed by atoms with Gasteiger partial charge in [0.1, 0.15) is 23.0 Å². The smallest absolute Gasteiger partial charge is 0.343 e. The quantitative estimate of drug-likeness (QED) is 0.0630. The average molecular weight is 645 g/mol. The van der Waals surface area contributed by atoms with E-state index in [0.717, 1.165) is 12.2 Å². The molecule has 0 heterocycles. The number of esters is 4. The Balaban J connectivity index is 1.50. The summed E-state index contributed by atoms with van der Waals surface area (Å²) in [5.41, 5.74) is 2.66. The topological polar surface area (TPSA) is 124 Å². The minimum Gasteiger partial charge on any atom is -0.494 e. The van der Waals surface area contributed by atoms with Gasteiger partial charge in [0.15, 0.2) is 0 Å². The van der Waals surface area contributed by atoms with Crippen LogP contribution in [0.15, 0.2) is 79.9 Å². The number of unbranched alkanes of at least 4 members (excludes halogenated alkanes) is 2. The molecule has 3 aromatic carbocycles. The summed E-state index contributed by atoms with van der Waals surface area (Å²) in [6, 6.07) is 14.9. The number of rotatable bonds is 18. The zero-order valence-electron chi connectivity index (χ0n) is 27.0. The Kier molecular flexibility index (Phi) is 14.2. The Morgan fingerprint density at radius 1 is 0.596 bits per heavy atom. The molecular weight excluding hydrogens is 604 g/mol. The van der Waals surface area contributed by atoms with E-state index in [9.17, 15) is 19.2 Å². The van der Waals surface area contributed by atoms with Gasteiger partial charge in [-0.15, -0.1) is 0 Å². The predicted octanol–water partition coefficient (Wildman–Crippen LogP) is 6.83. The maximum Gasteiger partial charge on any atom is 0.343 e. The summed E-state index contributed by atoms with van der Waals surface area (Å²) in [4.78, 5) is 48.0. The molecule has 3 aromatic rings. The van der Waals surface area contributed by atoms with Crippen molar-refractivity contribution in [2.24, 2.45) is 0 Å². The van der Waals surface area contributed by atoms with Crippen molar-refractivity contribution in [1.29, 1.82) is 0 Å². The third-order valence-electron chi connectivity index (χ3n) is 6.99. The summed E-state index contributed by atoms with van der Waals surface area (Å²) in [6.07, 6.45) is 4.95. The van der Waals surface area contributed by atoms with Crippen molar-refractivity contribution in [3.05, 3.63) is 108 Å². The fraction of sp³-hybridized carbons (Fsp3) is 0.297. The van der Waals surface area contributed by atoms with Crippen LogP contribution in [0.3, 0.4) is 0 Å². The molecule has 0 saturated carbocycles. The highest BCUT2D eigenvalue weighted by atomic mass is 16.5. The van der Waals surface area contributed by atoms with E-state index in [2.05, 4.69) is 13.2 Å². The number of carbonyl (C=O) groups excluding carboxylic acids is 4. The van der Waals surface area contributed by atoms with Crippen LogP contribution in [0.1, 0.15) is 63.1 Å². The lowest BCUT2D eigenvalue weighted by molar-refractivity contribution is -0.138. The molecule has 0 unspecified atom stereocenters. The van der Waals surface area contributed by atoms with Crippen LogP contribution in [0.2, 0.25) is 0 Å². The molecule has 0 bridgehead atoms. The van der Waals surface area contributed by atoms with Crippen molar-refractivity contribution in [2.75, 3.05) is 26.4 Å². The van der Waals surface area contributed by atoms with Gasteiger partial charge in [0, 0.05) is 12.2 Å². The summed E-state index contributed by atoms with van der Waals surface area (Å²) in [6.45, 7) is 13.5. The number of hydrogen-bond donors (Lipinski definition) is 0. The van der Waals surface area contributed by atoms with Crippen molar-refractivity contribution < 1.29 is 47.6 Å². The van der Waals surface area contributed by atoms with Crippen LogP contribution in [-0.2, 0) is 19.1 Å². The van der Waals surface area contributed by atoms with Crippen molar-refractivity contribution in [2.45, 2.75) is 46.5 Å². The fourth-order valence-corrected chi connectivity index (χ4v) is 4.22.